The molecule has 0 N–H and O–H groups in total. The van der Waals surface area contributed by atoms with Gasteiger partial charge in [-0.3, -0.25) is 4.79 Å². The molecule has 0 heterocycles. The lowest BCUT2D eigenvalue weighted by Gasteiger charge is -2.16. The Kier molecular flexibility index (Phi) is 3.74. The minimum absolute atomic E-state index is 0.0341. The second-order valence-electron chi connectivity index (χ2n) is 3.49. The number of carbonyl (C=O) groups excluding carboxylic acids is 1. The quantitative estimate of drug-likeness (QED) is 0.642. The molecule has 0 saturated carbocycles. The van der Waals surface area contributed by atoms with Gasteiger partial charge in [0, 0.05) is 25.9 Å². The zero-order valence-corrected chi connectivity index (χ0v) is 9.04. The van der Waals surface area contributed by atoms with Gasteiger partial charge in [-0.25, -0.2) is 0 Å². The Bertz CT molecular complexity index is 277. The summed E-state index contributed by atoms with van der Waals surface area (Å²) in [6.07, 6.45) is 5.45. The van der Waals surface area contributed by atoms with Crippen molar-refractivity contribution in [3.05, 3.63) is 23.6 Å². The minimum Gasteiger partial charge on any atom is -0.490 e. The molecule has 78 valence electrons. The van der Waals surface area contributed by atoms with Gasteiger partial charge in [0.2, 0.25) is 5.78 Å². The van der Waals surface area contributed by atoms with Gasteiger partial charge in [0.15, 0.2) is 5.76 Å². The number of Topliss-reactive ketones (excluding diaryl/α,β-unsaturated/α-hetero) is 1. The van der Waals surface area contributed by atoms with Gasteiger partial charge in [-0.05, 0) is 25.8 Å². The maximum atomic E-state index is 11.8. The summed E-state index contributed by atoms with van der Waals surface area (Å²) >= 11 is 0. The van der Waals surface area contributed by atoms with Gasteiger partial charge in [0.05, 0.1) is 6.61 Å². The highest BCUT2D eigenvalue weighted by molar-refractivity contribution is 6.07. The first-order chi connectivity index (χ1) is 6.65. The fourth-order valence-corrected chi connectivity index (χ4v) is 1.44. The third-order valence-electron chi connectivity index (χ3n) is 1.97. The molecule has 0 bridgehead atoms. The number of allylic oxidation sites excluding steroid dienone is 2. The third kappa shape index (κ3) is 2.62. The Morgan fingerprint density at radius 3 is 2.86 bits per heavy atom. The minimum atomic E-state index is 0.0341. The summed E-state index contributed by atoms with van der Waals surface area (Å²) in [4.78, 5) is 13.7. The second kappa shape index (κ2) is 4.84. The lowest BCUT2D eigenvalue weighted by Crippen LogP contribution is -2.16. The van der Waals surface area contributed by atoms with Crippen LogP contribution in [0.25, 0.3) is 0 Å². The van der Waals surface area contributed by atoms with E-state index in [1.54, 1.807) is 0 Å². The Balaban J connectivity index is 2.77. The van der Waals surface area contributed by atoms with Crippen molar-refractivity contribution in [1.29, 1.82) is 0 Å². The molecule has 3 nitrogen and oxygen atoms in total. The molecule has 0 radical (unpaired) electrons. The summed E-state index contributed by atoms with van der Waals surface area (Å²) in [7, 11) is 3.83. The van der Waals surface area contributed by atoms with E-state index < -0.39 is 0 Å². The highest BCUT2D eigenvalue weighted by Gasteiger charge is 2.20. The number of hydrogen-bond acceptors (Lipinski definition) is 3. The smallest absolute Gasteiger partial charge is 0.224 e. The van der Waals surface area contributed by atoms with Crippen molar-refractivity contribution in [3.63, 3.8) is 0 Å². The van der Waals surface area contributed by atoms with Crippen LogP contribution < -0.4 is 0 Å². The largest absolute Gasteiger partial charge is 0.490 e. The first-order valence-corrected chi connectivity index (χ1v) is 4.90. The average molecular weight is 195 g/mol. The molecule has 3 heteroatoms. The van der Waals surface area contributed by atoms with Gasteiger partial charge in [-0.2, -0.15) is 0 Å². The summed E-state index contributed by atoms with van der Waals surface area (Å²) < 4.78 is 5.26. The third-order valence-corrected chi connectivity index (χ3v) is 1.97. The van der Waals surface area contributed by atoms with Gasteiger partial charge in [-0.1, -0.05) is 0 Å². The van der Waals surface area contributed by atoms with Crippen molar-refractivity contribution < 1.29 is 9.53 Å². The summed E-state index contributed by atoms with van der Waals surface area (Å²) in [5.41, 5.74) is 0.834. The molecule has 1 rings (SSSR count). The summed E-state index contributed by atoms with van der Waals surface area (Å²) in [5, 5.41) is 0. The molecular formula is C11H17NO2. The first kappa shape index (κ1) is 10.8. The van der Waals surface area contributed by atoms with Crippen LogP contribution in [0.2, 0.25) is 0 Å². The van der Waals surface area contributed by atoms with Crippen LogP contribution in [0.5, 0.6) is 0 Å². The number of ether oxygens (including phenoxy) is 1. The Labute approximate surface area is 85.0 Å². The maximum Gasteiger partial charge on any atom is 0.224 e. The molecule has 14 heavy (non-hydrogen) atoms. The lowest BCUT2D eigenvalue weighted by atomic mass is 9.99. The van der Waals surface area contributed by atoms with Gasteiger partial charge >= 0.3 is 0 Å². The van der Waals surface area contributed by atoms with E-state index in [9.17, 15) is 4.79 Å². The van der Waals surface area contributed by atoms with Crippen molar-refractivity contribution in [2.75, 3.05) is 20.7 Å². The van der Waals surface area contributed by atoms with E-state index in [0.29, 0.717) is 12.4 Å². The predicted molar refractivity (Wildman–Crippen MR) is 55.7 cm³/mol. The molecule has 0 aromatic heterocycles. The van der Waals surface area contributed by atoms with E-state index in [0.717, 1.165) is 18.4 Å². The molecule has 0 aromatic carbocycles. The first-order valence-electron chi connectivity index (χ1n) is 4.90. The molecule has 0 spiro atoms. The van der Waals surface area contributed by atoms with Crippen LogP contribution in [0.4, 0.5) is 0 Å². The van der Waals surface area contributed by atoms with Crippen LogP contribution >= 0.6 is 0 Å². The number of carbonyl (C=O) groups is 1. The van der Waals surface area contributed by atoms with Crippen LogP contribution in [-0.2, 0) is 9.53 Å². The van der Waals surface area contributed by atoms with E-state index in [4.69, 9.17) is 4.74 Å². The molecular weight excluding hydrogens is 178 g/mol. The van der Waals surface area contributed by atoms with Gasteiger partial charge in [-0.15, -0.1) is 0 Å². The fourth-order valence-electron chi connectivity index (χ4n) is 1.44. The van der Waals surface area contributed by atoms with E-state index in [2.05, 4.69) is 0 Å². The molecule has 1 aliphatic carbocycles. The van der Waals surface area contributed by atoms with E-state index in [1.807, 2.05) is 38.2 Å². The van der Waals surface area contributed by atoms with E-state index in [-0.39, 0.29) is 5.78 Å². The Hall–Kier alpha value is -1.25. The van der Waals surface area contributed by atoms with Crippen molar-refractivity contribution in [1.82, 2.24) is 4.90 Å². The van der Waals surface area contributed by atoms with Crippen LogP contribution in [-0.4, -0.2) is 31.4 Å². The SMILES string of the molecule is CCOC1=CCCC(=CN(C)C)C1=O. The molecule has 0 saturated heterocycles. The molecule has 0 aliphatic heterocycles. The molecule has 1 aliphatic rings. The fraction of sp³-hybridized carbons (Fsp3) is 0.545. The highest BCUT2D eigenvalue weighted by atomic mass is 16.5. The van der Waals surface area contributed by atoms with Crippen LogP contribution in [0.3, 0.4) is 0 Å². The van der Waals surface area contributed by atoms with Crippen molar-refractivity contribution in [2.24, 2.45) is 0 Å². The van der Waals surface area contributed by atoms with Crippen LogP contribution in [0.15, 0.2) is 23.6 Å². The number of rotatable bonds is 3. The zero-order valence-electron chi connectivity index (χ0n) is 9.04. The maximum absolute atomic E-state index is 11.8. The van der Waals surface area contributed by atoms with Crippen LogP contribution in [0, 0.1) is 0 Å². The highest BCUT2D eigenvalue weighted by Crippen LogP contribution is 2.20. The van der Waals surface area contributed by atoms with Gasteiger partial charge in [0.1, 0.15) is 0 Å². The lowest BCUT2D eigenvalue weighted by molar-refractivity contribution is -0.115. The molecule has 0 amide bonds. The standard InChI is InChI=1S/C11H17NO2/c1-4-14-10-7-5-6-9(11(10)13)8-12(2)3/h7-8H,4-6H2,1-3H3. The van der Waals surface area contributed by atoms with E-state index in [1.165, 1.54) is 0 Å². The monoisotopic (exact) mass is 195 g/mol. The predicted octanol–water partition coefficient (Wildman–Crippen LogP) is 1.72. The van der Waals surface area contributed by atoms with Gasteiger partial charge < -0.3 is 9.64 Å². The second-order valence-corrected chi connectivity index (χ2v) is 3.49. The molecule has 0 aromatic rings. The van der Waals surface area contributed by atoms with Crippen LogP contribution in [0.1, 0.15) is 19.8 Å². The van der Waals surface area contributed by atoms with Crippen molar-refractivity contribution in [3.8, 4) is 0 Å². The van der Waals surface area contributed by atoms with Crippen molar-refractivity contribution in [2.45, 2.75) is 19.8 Å². The Morgan fingerprint density at radius 1 is 1.57 bits per heavy atom. The Morgan fingerprint density at radius 2 is 2.29 bits per heavy atom. The molecule has 0 unspecified atom stereocenters. The number of hydrogen-bond donors (Lipinski definition) is 0. The summed E-state index contributed by atoms with van der Waals surface area (Å²) in [6.45, 7) is 2.44. The topological polar surface area (TPSA) is 29.5 Å². The number of ketones is 1. The van der Waals surface area contributed by atoms with Gasteiger partial charge in [0.25, 0.3) is 0 Å². The van der Waals surface area contributed by atoms with Crippen molar-refractivity contribution >= 4 is 5.78 Å². The number of nitrogens with zero attached hydrogens (tertiary/aromatic N) is 1. The molecule has 0 atom stereocenters. The normalized spacial score (nSPS) is 19.5. The summed E-state index contributed by atoms with van der Waals surface area (Å²) in [6, 6.07) is 0. The average Bonchev–Trinajstić information content (AvgIpc) is 2.11. The van der Waals surface area contributed by atoms with E-state index >= 15 is 0 Å². The zero-order chi connectivity index (χ0) is 10.6. The molecule has 0 fully saturated rings. The summed E-state index contributed by atoms with van der Waals surface area (Å²) in [5.74, 6) is 0.540.